The van der Waals surface area contributed by atoms with Crippen LogP contribution in [0.4, 0.5) is 13.2 Å². The summed E-state index contributed by atoms with van der Waals surface area (Å²) in [5.41, 5.74) is 2.30. The van der Waals surface area contributed by atoms with E-state index in [2.05, 4.69) is 0 Å². The first kappa shape index (κ1) is 22.9. The van der Waals surface area contributed by atoms with E-state index in [1.807, 2.05) is 42.5 Å². The van der Waals surface area contributed by atoms with Crippen molar-refractivity contribution in [3.63, 3.8) is 0 Å². The van der Waals surface area contributed by atoms with Crippen molar-refractivity contribution < 1.29 is 22.8 Å². The lowest BCUT2D eigenvalue weighted by molar-refractivity contribution is -0.230. The predicted octanol–water partition coefficient (Wildman–Crippen LogP) is 6.49. The molecule has 1 aliphatic heterocycles. The molecule has 1 heterocycles. The maximum atomic E-state index is 13.1. The van der Waals surface area contributed by atoms with Crippen LogP contribution in [-0.4, -0.2) is 23.0 Å². The average Bonchev–Trinajstić information content (AvgIpc) is 3.17. The molecule has 3 aromatic carbocycles. The largest absolute Gasteiger partial charge is 0.493 e. The molecule has 2 atom stereocenters. The molecule has 33 heavy (non-hydrogen) atoms. The first-order chi connectivity index (χ1) is 15.8. The van der Waals surface area contributed by atoms with Crippen molar-refractivity contribution in [2.24, 2.45) is 4.99 Å². The Kier molecular flexibility index (Phi) is 6.70. The molecule has 0 saturated heterocycles. The molecule has 4 nitrogen and oxygen atoms in total. The lowest BCUT2D eigenvalue weighted by Crippen LogP contribution is -2.39. The van der Waals surface area contributed by atoms with E-state index < -0.39 is 24.2 Å². The zero-order valence-corrected chi connectivity index (χ0v) is 18.1. The van der Waals surface area contributed by atoms with Gasteiger partial charge in [0.25, 0.3) is 0 Å². The van der Waals surface area contributed by atoms with Crippen LogP contribution in [0.15, 0.2) is 89.9 Å². The van der Waals surface area contributed by atoms with Gasteiger partial charge in [0.15, 0.2) is 0 Å². The fraction of sp³-hybridized carbons (Fsp3) is 0.200. The number of nitrogens with zero attached hydrogens (tertiary/aromatic N) is 2. The molecule has 0 saturated carbocycles. The van der Waals surface area contributed by atoms with Crippen LogP contribution in [0.2, 0.25) is 5.02 Å². The van der Waals surface area contributed by atoms with E-state index in [1.165, 1.54) is 0 Å². The topological polar surface area (TPSA) is 41.9 Å². The van der Waals surface area contributed by atoms with Crippen molar-refractivity contribution in [3.05, 3.63) is 107 Å². The van der Waals surface area contributed by atoms with Gasteiger partial charge in [-0.15, -0.1) is 0 Å². The van der Waals surface area contributed by atoms with Crippen LogP contribution < -0.4 is 0 Å². The number of aliphatic imine (C=N–C) groups is 1. The quantitative estimate of drug-likeness (QED) is 0.412. The Morgan fingerprint density at radius 3 is 2.06 bits per heavy atom. The lowest BCUT2D eigenvalue weighted by atomic mass is 9.95. The smallest absolute Gasteiger partial charge is 0.330 e. The van der Waals surface area contributed by atoms with Crippen molar-refractivity contribution in [1.82, 2.24) is 5.06 Å². The van der Waals surface area contributed by atoms with Crippen molar-refractivity contribution in [1.29, 1.82) is 0 Å². The third kappa shape index (κ3) is 5.20. The Morgan fingerprint density at radius 1 is 0.879 bits per heavy atom. The first-order valence-corrected chi connectivity index (χ1v) is 10.7. The van der Waals surface area contributed by atoms with Gasteiger partial charge in [-0.05, 0) is 29.2 Å². The van der Waals surface area contributed by atoms with E-state index in [0.717, 1.165) is 16.2 Å². The monoisotopic (exact) mass is 472 g/mol. The van der Waals surface area contributed by atoms with Crippen molar-refractivity contribution in [2.45, 2.75) is 31.1 Å². The summed E-state index contributed by atoms with van der Waals surface area (Å²) in [5.74, 6) is -2.04. The van der Waals surface area contributed by atoms with E-state index in [4.69, 9.17) is 21.4 Å². The van der Waals surface area contributed by atoms with E-state index in [0.29, 0.717) is 17.0 Å². The number of rotatable bonds is 6. The maximum absolute atomic E-state index is 13.1. The second kappa shape index (κ2) is 9.67. The highest BCUT2D eigenvalue weighted by atomic mass is 35.5. The average molecular weight is 473 g/mol. The van der Waals surface area contributed by atoms with Crippen molar-refractivity contribution in [3.8, 4) is 0 Å². The molecule has 0 fully saturated rings. The summed E-state index contributed by atoms with van der Waals surface area (Å²) in [6.45, 7) is 0. The van der Waals surface area contributed by atoms with Crippen molar-refractivity contribution in [2.75, 3.05) is 0 Å². The summed E-state index contributed by atoms with van der Waals surface area (Å²) >= 11 is 6.25. The number of aryl methyl sites for hydroxylation is 1. The van der Waals surface area contributed by atoms with E-state index in [-0.39, 0.29) is 12.3 Å². The fourth-order valence-corrected chi connectivity index (χ4v) is 4.05. The van der Waals surface area contributed by atoms with Crippen LogP contribution in [0, 0.1) is 0 Å². The van der Waals surface area contributed by atoms with Crippen molar-refractivity contribution >= 4 is 23.4 Å². The molecule has 0 spiro atoms. The highest BCUT2D eigenvalue weighted by Gasteiger charge is 2.47. The highest BCUT2D eigenvalue weighted by Crippen LogP contribution is 2.43. The molecule has 4 rings (SSSR count). The van der Waals surface area contributed by atoms with Crippen LogP contribution in [0.5, 0.6) is 0 Å². The highest BCUT2D eigenvalue weighted by molar-refractivity contribution is 6.31. The Balaban J connectivity index is 1.73. The Hall–Kier alpha value is -3.32. The molecule has 0 amide bonds. The molecule has 2 unspecified atom stereocenters. The number of carbonyl (C=O) groups excluding carboxylic acids is 1. The van der Waals surface area contributed by atoms with E-state index in [9.17, 15) is 18.0 Å². The normalized spacial score (nSPS) is 18.2. The number of amidine groups is 1. The summed E-state index contributed by atoms with van der Waals surface area (Å²) in [6, 6.07) is 24.1. The molecule has 0 radical (unpaired) electrons. The van der Waals surface area contributed by atoms with Gasteiger partial charge in [0.2, 0.25) is 0 Å². The van der Waals surface area contributed by atoms with Gasteiger partial charge in [0.1, 0.15) is 17.9 Å². The first-order valence-electron chi connectivity index (χ1n) is 10.3. The summed E-state index contributed by atoms with van der Waals surface area (Å²) in [7, 11) is 0. The molecule has 0 aromatic heterocycles. The zero-order chi connectivity index (χ0) is 23.4. The minimum atomic E-state index is -5.14. The molecule has 0 bridgehead atoms. The van der Waals surface area contributed by atoms with Gasteiger partial charge in [0.05, 0.1) is 0 Å². The molecular formula is C25H20ClF3N2O2. The van der Waals surface area contributed by atoms with Crippen LogP contribution in [-0.2, 0) is 16.1 Å². The number of carbonyl (C=O) groups is 1. The molecule has 8 heteroatoms. The number of hydrogen-bond acceptors (Lipinski definition) is 4. The Morgan fingerprint density at radius 2 is 1.45 bits per heavy atom. The second-order valence-corrected chi connectivity index (χ2v) is 7.96. The minimum absolute atomic E-state index is 0.238. The second-order valence-electron chi connectivity index (χ2n) is 7.55. The summed E-state index contributed by atoms with van der Waals surface area (Å²) in [5, 5.41) is 1.56. The van der Waals surface area contributed by atoms with Crippen LogP contribution in [0.25, 0.3) is 0 Å². The van der Waals surface area contributed by atoms with Gasteiger partial charge in [-0.3, -0.25) is 4.99 Å². The predicted molar refractivity (Wildman–Crippen MR) is 120 cm³/mol. The van der Waals surface area contributed by atoms with Gasteiger partial charge >= 0.3 is 12.1 Å². The van der Waals surface area contributed by atoms with E-state index >= 15 is 0 Å². The maximum Gasteiger partial charge on any atom is 0.493 e. The minimum Gasteiger partial charge on any atom is -0.330 e. The number of alkyl halides is 3. The molecule has 170 valence electrons. The molecule has 1 aliphatic rings. The van der Waals surface area contributed by atoms with Crippen LogP contribution in [0.3, 0.4) is 0 Å². The van der Waals surface area contributed by atoms with Gasteiger partial charge < -0.3 is 4.84 Å². The van der Waals surface area contributed by atoms with Crippen LogP contribution >= 0.6 is 11.6 Å². The number of halogens is 4. The van der Waals surface area contributed by atoms with Gasteiger partial charge in [0, 0.05) is 11.4 Å². The molecule has 3 aromatic rings. The van der Waals surface area contributed by atoms with Gasteiger partial charge in [-0.1, -0.05) is 90.5 Å². The molecular weight excluding hydrogens is 453 g/mol. The number of hydrogen-bond donors (Lipinski definition) is 0. The SMILES string of the molecule is O=C(ON1C(CCc2ccccc2Cl)=NC(c2ccccc2)C1c1ccccc1)C(F)(F)F. The lowest BCUT2D eigenvalue weighted by Gasteiger charge is -2.29. The molecule has 0 N–H and O–H groups in total. The number of hydroxylamine groups is 2. The van der Waals surface area contributed by atoms with Gasteiger partial charge in [-0.25, -0.2) is 4.79 Å². The Labute approximate surface area is 194 Å². The fourth-order valence-electron chi connectivity index (χ4n) is 3.82. The summed E-state index contributed by atoms with van der Waals surface area (Å²) < 4.78 is 39.4. The third-order valence-electron chi connectivity index (χ3n) is 5.36. The van der Waals surface area contributed by atoms with Gasteiger partial charge in [-0.2, -0.15) is 18.2 Å². The standard InChI is InChI=1S/C25H20ClF3N2O2/c26-20-14-8-7-9-17(20)15-16-21-30-22(18-10-3-1-4-11-18)23(19-12-5-2-6-13-19)31(21)33-24(32)25(27,28)29/h1-14,22-23H,15-16H2. The number of benzene rings is 3. The van der Waals surface area contributed by atoms with E-state index in [1.54, 1.807) is 42.5 Å². The summed E-state index contributed by atoms with van der Waals surface area (Å²) in [4.78, 5) is 21.5. The zero-order valence-electron chi connectivity index (χ0n) is 17.4. The summed E-state index contributed by atoms with van der Waals surface area (Å²) in [6.07, 6.45) is -4.48. The van der Waals surface area contributed by atoms with Crippen LogP contribution in [0.1, 0.15) is 35.2 Å². The Bertz CT molecular complexity index is 1140. The molecule has 0 aliphatic carbocycles. The third-order valence-corrected chi connectivity index (χ3v) is 5.73.